The standard InChI is InChI=1S/C24H36O9/c1-12-4-7-24-11-31-21(30)15(24)8-14(9-17(24)23(12,3)6-5-13(2)26)32-22-20(29)19(28)18(27)16(10-25)33-22/h8,12,14,16-20,22,25,27-29H,4-7,9-11H2,1-3H3/t12-,14-,16-,17?,18-,19+,20-,22-,23+,24-/m1/s1. The number of aliphatic hydroxyl groups excluding tert-OH is 4. The van der Waals surface area contributed by atoms with Crippen LogP contribution in [0.3, 0.4) is 0 Å². The highest BCUT2D eigenvalue weighted by atomic mass is 16.7. The van der Waals surface area contributed by atoms with Gasteiger partial charge >= 0.3 is 5.97 Å². The minimum Gasteiger partial charge on any atom is -0.461 e. The average molecular weight is 469 g/mol. The van der Waals surface area contributed by atoms with Crippen LogP contribution >= 0.6 is 0 Å². The SMILES string of the molecule is CC(=O)CC[C@]1(C)C2C[C@H](O[C@@H]3O[C@H](CO)[C@@H](O)[C@H](O)[C@H]3O)C=C3C(=O)OC[C@]32CC[C@H]1C. The highest BCUT2D eigenvalue weighted by Crippen LogP contribution is 2.64. The van der Waals surface area contributed by atoms with Crippen molar-refractivity contribution < 1.29 is 44.2 Å². The van der Waals surface area contributed by atoms with Crippen molar-refractivity contribution in [3.63, 3.8) is 0 Å². The number of aliphatic hydroxyl groups is 4. The van der Waals surface area contributed by atoms with E-state index in [9.17, 15) is 30.0 Å². The molecule has 9 nitrogen and oxygen atoms in total. The summed E-state index contributed by atoms with van der Waals surface area (Å²) in [5.41, 5.74) is -0.0759. The summed E-state index contributed by atoms with van der Waals surface area (Å²) >= 11 is 0. The second kappa shape index (κ2) is 9.02. The topological polar surface area (TPSA) is 143 Å². The maximum atomic E-state index is 12.7. The molecular weight excluding hydrogens is 432 g/mol. The summed E-state index contributed by atoms with van der Waals surface area (Å²) in [4.78, 5) is 24.6. The molecule has 4 aliphatic rings. The summed E-state index contributed by atoms with van der Waals surface area (Å²) in [5, 5.41) is 40.1. The molecule has 4 N–H and O–H groups in total. The first-order chi connectivity index (χ1) is 15.5. The van der Waals surface area contributed by atoms with Crippen LogP contribution in [0.1, 0.15) is 52.9 Å². The Balaban J connectivity index is 1.64. The van der Waals surface area contributed by atoms with Crippen LogP contribution in [0.5, 0.6) is 0 Å². The Labute approximate surface area is 193 Å². The van der Waals surface area contributed by atoms with Crippen LogP contribution in [0.25, 0.3) is 0 Å². The van der Waals surface area contributed by atoms with Gasteiger partial charge in [-0.2, -0.15) is 0 Å². The molecule has 0 bridgehead atoms. The molecule has 0 aromatic heterocycles. The number of cyclic esters (lactones) is 1. The number of hydrogen-bond acceptors (Lipinski definition) is 9. The van der Waals surface area contributed by atoms with Gasteiger partial charge < -0.3 is 39.4 Å². The Morgan fingerprint density at radius 2 is 1.97 bits per heavy atom. The number of carbonyl (C=O) groups excluding carboxylic acids is 2. The van der Waals surface area contributed by atoms with Crippen LogP contribution < -0.4 is 0 Å². The van der Waals surface area contributed by atoms with Crippen molar-refractivity contribution in [3.8, 4) is 0 Å². The van der Waals surface area contributed by atoms with E-state index in [0.29, 0.717) is 37.4 Å². The molecular formula is C24H36O9. The fourth-order valence-electron chi connectivity index (χ4n) is 6.53. The molecule has 2 aliphatic heterocycles. The van der Waals surface area contributed by atoms with Crippen LogP contribution in [0.15, 0.2) is 11.6 Å². The quantitative estimate of drug-likeness (QED) is 0.409. The molecule has 4 rings (SSSR count). The molecule has 186 valence electrons. The first-order valence-electron chi connectivity index (χ1n) is 11.9. The summed E-state index contributed by atoms with van der Waals surface area (Å²) in [6.07, 6.45) is -2.30. The molecule has 0 radical (unpaired) electrons. The predicted octanol–water partition coefficient (Wildman–Crippen LogP) is 0.466. The Kier molecular flexibility index (Phi) is 6.76. The van der Waals surface area contributed by atoms with E-state index in [2.05, 4.69) is 13.8 Å². The summed E-state index contributed by atoms with van der Waals surface area (Å²) in [5.74, 6) is 0.0953. The van der Waals surface area contributed by atoms with Gasteiger partial charge in [0.2, 0.25) is 0 Å². The number of rotatable bonds is 6. The molecule has 1 saturated carbocycles. The minimum atomic E-state index is -1.54. The lowest BCUT2D eigenvalue weighted by atomic mass is 9.46. The number of Topliss-reactive ketones (excluding diaryl/α,β-unsaturated/α-hetero) is 1. The Morgan fingerprint density at radius 1 is 1.24 bits per heavy atom. The molecule has 1 unspecified atom stereocenters. The highest BCUT2D eigenvalue weighted by Gasteiger charge is 2.62. The molecule has 0 aromatic carbocycles. The van der Waals surface area contributed by atoms with Gasteiger partial charge in [0.15, 0.2) is 6.29 Å². The van der Waals surface area contributed by atoms with Gasteiger partial charge in [-0.1, -0.05) is 13.8 Å². The maximum absolute atomic E-state index is 12.7. The van der Waals surface area contributed by atoms with E-state index in [-0.39, 0.29) is 23.1 Å². The number of carbonyl (C=O) groups is 2. The van der Waals surface area contributed by atoms with Gasteiger partial charge in [0, 0.05) is 17.4 Å². The van der Waals surface area contributed by atoms with Gasteiger partial charge in [-0.3, -0.25) is 0 Å². The molecule has 2 heterocycles. The van der Waals surface area contributed by atoms with Gasteiger partial charge in [0.1, 0.15) is 36.8 Å². The normalized spacial score (nSPS) is 47.4. The van der Waals surface area contributed by atoms with Crippen LogP contribution in [-0.4, -0.2) is 82.2 Å². The number of hydrogen-bond donors (Lipinski definition) is 4. The second-order valence-corrected chi connectivity index (χ2v) is 10.6. The molecule has 2 aliphatic carbocycles. The largest absolute Gasteiger partial charge is 0.461 e. The third-order valence-electron chi connectivity index (χ3n) is 8.82. The fraction of sp³-hybridized carbons (Fsp3) is 0.833. The molecule has 0 aromatic rings. The zero-order valence-corrected chi connectivity index (χ0v) is 19.5. The van der Waals surface area contributed by atoms with E-state index in [1.54, 1.807) is 13.0 Å². The van der Waals surface area contributed by atoms with Crippen molar-refractivity contribution in [1.82, 2.24) is 0 Å². The van der Waals surface area contributed by atoms with Gasteiger partial charge in [-0.15, -0.1) is 0 Å². The Morgan fingerprint density at radius 3 is 2.64 bits per heavy atom. The van der Waals surface area contributed by atoms with E-state index in [4.69, 9.17) is 14.2 Å². The van der Waals surface area contributed by atoms with Crippen LogP contribution in [0.2, 0.25) is 0 Å². The predicted molar refractivity (Wildman–Crippen MR) is 115 cm³/mol. The monoisotopic (exact) mass is 468 g/mol. The lowest BCUT2D eigenvalue weighted by Crippen LogP contribution is -2.60. The minimum absolute atomic E-state index is 0.00874. The third kappa shape index (κ3) is 4.06. The first kappa shape index (κ1) is 24.8. The van der Waals surface area contributed by atoms with Crippen molar-refractivity contribution in [1.29, 1.82) is 0 Å². The van der Waals surface area contributed by atoms with Gasteiger partial charge in [0.25, 0.3) is 0 Å². The van der Waals surface area contributed by atoms with Crippen molar-refractivity contribution in [2.75, 3.05) is 13.2 Å². The van der Waals surface area contributed by atoms with E-state index in [0.717, 1.165) is 12.8 Å². The van der Waals surface area contributed by atoms with Crippen LogP contribution in [0.4, 0.5) is 0 Å². The molecule has 2 saturated heterocycles. The summed E-state index contributed by atoms with van der Waals surface area (Å²) in [6, 6.07) is 0. The molecule has 1 spiro atoms. The van der Waals surface area contributed by atoms with Gasteiger partial charge in [-0.05, 0) is 55.9 Å². The fourth-order valence-corrected chi connectivity index (χ4v) is 6.53. The summed E-state index contributed by atoms with van der Waals surface area (Å²) in [7, 11) is 0. The van der Waals surface area contributed by atoms with E-state index in [1.807, 2.05) is 0 Å². The molecule has 33 heavy (non-hydrogen) atoms. The smallest absolute Gasteiger partial charge is 0.334 e. The van der Waals surface area contributed by atoms with Crippen LogP contribution in [-0.2, 0) is 23.8 Å². The Hall–Kier alpha value is -1.36. The Bertz CT molecular complexity index is 810. The summed E-state index contributed by atoms with van der Waals surface area (Å²) in [6.45, 7) is 5.73. The lowest BCUT2D eigenvalue weighted by Gasteiger charge is -2.57. The van der Waals surface area contributed by atoms with Crippen molar-refractivity contribution >= 4 is 11.8 Å². The molecule has 3 fully saturated rings. The highest BCUT2D eigenvalue weighted by molar-refractivity contribution is 5.93. The number of ketones is 1. The van der Waals surface area contributed by atoms with Gasteiger partial charge in [0.05, 0.1) is 12.7 Å². The van der Waals surface area contributed by atoms with Crippen LogP contribution in [0, 0.1) is 22.7 Å². The zero-order chi connectivity index (χ0) is 24.1. The second-order valence-electron chi connectivity index (χ2n) is 10.6. The van der Waals surface area contributed by atoms with Crippen molar-refractivity contribution in [2.24, 2.45) is 22.7 Å². The zero-order valence-electron chi connectivity index (χ0n) is 19.5. The maximum Gasteiger partial charge on any atom is 0.334 e. The third-order valence-corrected chi connectivity index (χ3v) is 8.82. The lowest BCUT2D eigenvalue weighted by molar-refractivity contribution is -0.310. The summed E-state index contributed by atoms with van der Waals surface area (Å²) < 4.78 is 17.1. The van der Waals surface area contributed by atoms with E-state index >= 15 is 0 Å². The number of esters is 1. The van der Waals surface area contributed by atoms with E-state index < -0.39 is 48.8 Å². The molecule has 10 atom stereocenters. The van der Waals surface area contributed by atoms with Gasteiger partial charge in [-0.25, -0.2) is 4.79 Å². The first-order valence-corrected chi connectivity index (χ1v) is 11.9. The number of ether oxygens (including phenoxy) is 3. The molecule has 9 heteroatoms. The van der Waals surface area contributed by atoms with Crippen molar-refractivity contribution in [2.45, 2.75) is 89.7 Å². The van der Waals surface area contributed by atoms with E-state index in [1.165, 1.54) is 0 Å². The average Bonchev–Trinajstić information content (AvgIpc) is 3.11. The van der Waals surface area contributed by atoms with Crippen molar-refractivity contribution in [3.05, 3.63) is 11.6 Å². The molecule has 0 amide bonds.